The van der Waals surface area contributed by atoms with Gasteiger partial charge in [0.25, 0.3) is 0 Å². The van der Waals surface area contributed by atoms with Gasteiger partial charge in [-0.2, -0.15) is 0 Å². The molecule has 0 saturated carbocycles. The highest BCUT2D eigenvalue weighted by atomic mass is 35.5. The van der Waals surface area contributed by atoms with Crippen LogP contribution in [0.3, 0.4) is 0 Å². The highest BCUT2D eigenvalue weighted by molar-refractivity contribution is 6.31. The molecule has 0 aromatic heterocycles. The molecule has 0 saturated heterocycles. The molecular formula is C27H26ClNO3. The fourth-order valence-corrected chi connectivity index (χ4v) is 4.05. The third-order valence-electron chi connectivity index (χ3n) is 5.62. The van der Waals surface area contributed by atoms with Gasteiger partial charge in [-0.3, -0.25) is 4.79 Å². The first-order valence-electron chi connectivity index (χ1n) is 10.8. The Morgan fingerprint density at radius 1 is 1.03 bits per heavy atom. The summed E-state index contributed by atoms with van der Waals surface area (Å²) in [6.45, 7) is 8.41. The van der Waals surface area contributed by atoms with Gasteiger partial charge in [-0.15, -0.1) is 0 Å². The molecule has 0 unspecified atom stereocenters. The average Bonchev–Trinajstić information content (AvgIpc) is 3.10. The standard InChI is InChI=1S/C27H26ClNO3/c1-4-29(5-2)21-12-10-19(11-13-21)15-25-27(30)26-18(3)14-22(16-24(26)32-25)31-17-20-8-6-7-9-23(20)28/h6-16H,4-5,17H2,1-3H3/b25-15-. The van der Waals surface area contributed by atoms with E-state index in [4.69, 9.17) is 21.1 Å². The minimum atomic E-state index is -0.108. The lowest BCUT2D eigenvalue weighted by Crippen LogP contribution is -2.21. The molecule has 1 aliphatic heterocycles. The molecule has 1 heterocycles. The van der Waals surface area contributed by atoms with E-state index in [9.17, 15) is 4.79 Å². The van der Waals surface area contributed by atoms with Gasteiger partial charge in [0.1, 0.15) is 18.1 Å². The van der Waals surface area contributed by atoms with Gasteiger partial charge in [-0.05, 0) is 62.2 Å². The molecule has 3 aromatic rings. The van der Waals surface area contributed by atoms with Crippen LogP contribution in [0.25, 0.3) is 6.08 Å². The van der Waals surface area contributed by atoms with Crippen molar-refractivity contribution in [3.63, 3.8) is 0 Å². The van der Waals surface area contributed by atoms with Crippen LogP contribution in [0.15, 0.2) is 66.4 Å². The van der Waals surface area contributed by atoms with Gasteiger partial charge in [0.15, 0.2) is 5.76 Å². The number of anilines is 1. The van der Waals surface area contributed by atoms with Crippen molar-refractivity contribution in [2.24, 2.45) is 0 Å². The quantitative estimate of drug-likeness (QED) is 0.378. The monoisotopic (exact) mass is 447 g/mol. The van der Waals surface area contributed by atoms with Gasteiger partial charge < -0.3 is 14.4 Å². The average molecular weight is 448 g/mol. The van der Waals surface area contributed by atoms with Crippen molar-refractivity contribution in [2.75, 3.05) is 18.0 Å². The van der Waals surface area contributed by atoms with Crippen molar-refractivity contribution in [1.29, 1.82) is 0 Å². The van der Waals surface area contributed by atoms with Crippen LogP contribution in [0, 0.1) is 6.92 Å². The number of hydrogen-bond acceptors (Lipinski definition) is 4. The maximum Gasteiger partial charge on any atom is 0.232 e. The van der Waals surface area contributed by atoms with E-state index in [-0.39, 0.29) is 5.78 Å². The smallest absolute Gasteiger partial charge is 0.232 e. The molecule has 0 N–H and O–H groups in total. The van der Waals surface area contributed by atoms with Crippen LogP contribution in [0.4, 0.5) is 5.69 Å². The zero-order valence-corrected chi connectivity index (χ0v) is 19.3. The Morgan fingerprint density at radius 3 is 2.44 bits per heavy atom. The third kappa shape index (κ3) is 4.51. The molecule has 4 rings (SSSR count). The van der Waals surface area contributed by atoms with Crippen molar-refractivity contribution in [3.8, 4) is 11.5 Å². The number of benzene rings is 3. The van der Waals surface area contributed by atoms with Crippen molar-refractivity contribution in [3.05, 3.63) is 93.7 Å². The Hall–Kier alpha value is -3.24. The Balaban J connectivity index is 1.53. The van der Waals surface area contributed by atoms with E-state index in [1.165, 1.54) is 0 Å². The molecule has 0 fully saturated rings. The van der Waals surface area contributed by atoms with Crippen LogP contribution in [-0.2, 0) is 6.61 Å². The van der Waals surface area contributed by atoms with Gasteiger partial charge in [0.2, 0.25) is 5.78 Å². The largest absolute Gasteiger partial charge is 0.489 e. The molecule has 5 heteroatoms. The van der Waals surface area contributed by atoms with Crippen molar-refractivity contribution < 1.29 is 14.3 Å². The van der Waals surface area contributed by atoms with Crippen molar-refractivity contribution in [2.45, 2.75) is 27.4 Å². The minimum Gasteiger partial charge on any atom is -0.489 e. The topological polar surface area (TPSA) is 38.8 Å². The van der Waals surface area contributed by atoms with E-state index in [0.717, 1.165) is 35.5 Å². The van der Waals surface area contributed by atoms with Gasteiger partial charge in [-0.1, -0.05) is 41.9 Å². The molecule has 0 aliphatic carbocycles. The first-order chi connectivity index (χ1) is 15.5. The van der Waals surface area contributed by atoms with Crippen LogP contribution in [0.2, 0.25) is 5.02 Å². The Morgan fingerprint density at radius 2 is 1.75 bits per heavy atom. The number of allylic oxidation sites excluding steroid dienone is 1. The number of carbonyl (C=O) groups is 1. The van der Waals surface area contributed by atoms with Gasteiger partial charge in [-0.25, -0.2) is 0 Å². The molecular weight excluding hydrogens is 422 g/mol. The maximum atomic E-state index is 13.0. The van der Waals surface area contributed by atoms with Gasteiger partial charge >= 0.3 is 0 Å². The molecule has 3 aromatic carbocycles. The van der Waals surface area contributed by atoms with Crippen LogP contribution >= 0.6 is 11.6 Å². The second-order valence-corrected chi connectivity index (χ2v) is 8.10. The van der Waals surface area contributed by atoms with E-state index in [1.807, 2.05) is 49.4 Å². The number of aryl methyl sites for hydroxylation is 1. The van der Waals surface area contributed by atoms with Crippen LogP contribution in [-0.4, -0.2) is 18.9 Å². The molecule has 0 amide bonds. The fourth-order valence-electron chi connectivity index (χ4n) is 3.86. The summed E-state index contributed by atoms with van der Waals surface area (Å²) in [5.74, 6) is 1.37. The Labute approximate surface area is 194 Å². The molecule has 0 bridgehead atoms. The number of ether oxygens (including phenoxy) is 2. The molecule has 0 atom stereocenters. The summed E-state index contributed by atoms with van der Waals surface area (Å²) in [7, 11) is 0. The van der Waals surface area contributed by atoms with E-state index in [2.05, 4.69) is 30.9 Å². The first kappa shape index (κ1) is 22.0. The second kappa shape index (κ2) is 9.49. The summed E-state index contributed by atoms with van der Waals surface area (Å²) in [5.41, 5.74) is 4.39. The van der Waals surface area contributed by atoms with E-state index < -0.39 is 0 Å². The van der Waals surface area contributed by atoms with Gasteiger partial charge in [0.05, 0.1) is 5.56 Å². The number of Topliss-reactive ketones (excluding diaryl/α,β-unsaturated/α-hetero) is 1. The Kier molecular flexibility index (Phi) is 6.52. The fraction of sp³-hybridized carbons (Fsp3) is 0.222. The number of hydrogen-bond donors (Lipinski definition) is 0. The number of rotatable bonds is 7. The number of ketones is 1. The zero-order chi connectivity index (χ0) is 22.7. The molecule has 164 valence electrons. The number of carbonyl (C=O) groups excluding carboxylic acids is 1. The van der Waals surface area contributed by atoms with Gasteiger partial charge in [0, 0.05) is 35.4 Å². The molecule has 0 radical (unpaired) electrons. The maximum absolute atomic E-state index is 13.0. The zero-order valence-electron chi connectivity index (χ0n) is 18.5. The first-order valence-corrected chi connectivity index (χ1v) is 11.2. The van der Waals surface area contributed by atoms with Crippen LogP contribution < -0.4 is 14.4 Å². The van der Waals surface area contributed by atoms with E-state index >= 15 is 0 Å². The van der Waals surface area contributed by atoms with Crippen molar-refractivity contribution >= 4 is 29.1 Å². The van der Waals surface area contributed by atoms with Crippen LogP contribution in [0.5, 0.6) is 11.5 Å². The summed E-state index contributed by atoms with van der Waals surface area (Å²) < 4.78 is 11.9. The summed E-state index contributed by atoms with van der Waals surface area (Å²) >= 11 is 6.21. The SMILES string of the molecule is CCN(CC)c1ccc(/C=C2\Oc3cc(OCc4ccccc4Cl)cc(C)c3C2=O)cc1. The Bertz CT molecular complexity index is 1160. The normalized spacial score (nSPS) is 13.8. The highest BCUT2D eigenvalue weighted by Gasteiger charge is 2.30. The lowest BCUT2D eigenvalue weighted by atomic mass is 10.0. The minimum absolute atomic E-state index is 0.108. The second-order valence-electron chi connectivity index (χ2n) is 7.70. The molecule has 1 aliphatic rings. The van der Waals surface area contributed by atoms with Crippen LogP contribution in [0.1, 0.15) is 40.9 Å². The number of fused-ring (bicyclic) bond motifs is 1. The summed E-state index contributed by atoms with van der Waals surface area (Å²) in [6, 6.07) is 19.3. The van der Waals surface area contributed by atoms with E-state index in [0.29, 0.717) is 34.5 Å². The van der Waals surface area contributed by atoms with Crippen molar-refractivity contribution in [1.82, 2.24) is 0 Å². The predicted octanol–water partition coefficient (Wildman–Crippen LogP) is 6.69. The summed E-state index contributed by atoms with van der Waals surface area (Å²) in [5, 5.41) is 0.661. The molecule has 32 heavy (non-hydrogen) atoms. The molecule has 0 spiro atoms. The van der Waals surface area contributed by atoms with E-state index in [1.54, 1.807) is 12.1 Å². The predicted molar refractivity (Wildman–Crippen MR) is 130 cm³/mol. The number of nitrogens with zero attached hydrogens (tertiary/aromatic N) is 1. The molecule has 4 nitrogen and oxygen atoms in total. The summed E-state index contributed by atoms with van der Waals surface area (Å²) in [6.07, 6.45) is 1.79. The lowest BCUT2D eigenvalue weighted by Gasteiger charge is -2.20. The highest BCUT2D eigenvalue weighted by Crippen LogP contribution is 2.38. The summed E-state index contributed by atoms with van der Waals surface area (Å²) in [4.78, 5) is 15.2. The number of halogens is 1. The lowest BCUT2D eigenvalue weighted by molar-refractivity contribution is 0.101. The third-order valence-corrected chi connectivity index (χ3v) is 5.98.